The van der Waals surface area contributed by atoms with Crippen LogP contribution in [0.1, 0.15) is 166 Å². The van der Waals surface area contributed by atoms with Crippen LogP contribution in [0.5, 0.6) is 0 Å². The fourth-order valence-electron chi connectivity index (χ4n) is 13.9. The molecule has 73 heavy (non-hydrogen) atoms. The van der Waals surface area contributed by atoms with Crippen molar-refractivity contribution in [3.63, 3.8) is 0 Å². The molecule has 369 valence electrons. The van der Waals surface area contributed by atoms with Gasteiger partial charge in [-0.2, -0.15) is 0 Å². The number of benzene rings is 7. The lowest BCUT2D eigenvalue weighted by atomic mass is 9.55. The minimum Gasteiger partial charge on any atom is -0.454 e. The van der Waals surface area contributed by atoms with Gasteiger partial charge in [0.05, 0.1) is 5.69 Å². The summed E-state index contributed by atoms with van der Waals surface area (Å²) < 4.78 is 9.96. The Morgan fingerprint density at radius 2 is 1.00 bits per heavy atom. The summed E-state index contributed by atoms with van der Waals surface area (Å²) in [7, 11) is 2.54. The second-order valence-electron chi connectivity index (χ2n) is 27.0. The highest BCUT2D eigenvalue weighted by Gasteiger charge is 2.43. The van der Waals surface area contributed by atoms with Crippen LogP contribution in [0.15, 0.2) is 108 Å². The van der Waals surface area contributed by atoms with E-state index in [4.69, 9.17) is 4.42 Å². The number of nitrogens with one attached hydrogen (secondary N) is 1. The average molecular weight is 976 g/mol. The predicted molar refractivity (Wildman–Crippen MR) is 317 cm³/mol. The minimum absolute atomic E-state index is 0.0265. The summed E-state index contributed by atoms with van der Waals surface area (Å²) in [4.78, 5) is 2.66. The smallest absolute Gasteiger partial charge is 0.198 e. The molecule has 13 rings (SSSR count). The van der Waals surface area contributed by atoms with E-state index in [1.807, 2.05) is 11.3 Å². The van der Waals surface area contributed by atoms with Crippen molar-refractivity contribution in [3.05, 3.63) is 148 Å². The third kappa shape index (κ3) is 7.09. The van der Waals surface area contributed by atoms with Gasteiger partial charge in [0, 0.05) is 59.3 Å². The zero-order valence-corrected chi connectivity index (χ0v) is 46.7. The molecule has 0 saturated heterocycles. The Hall–Kier alpha value is -5.78. The summed E-state index contributed by atoms with van der Waals surface area (Å²) in [5, 5.41) is 8.99. The molecule has 3 aliphatic carbocycles. The summed E-state index contributed by atoms with van der Waals surface area (Å²) >= 11 is 1.94. The maximum absolute atomic E-state index is 7.29. The molecule has 9 aromatic rings. The van der Waals surface area contributed by atoms with Crippen molar-refractivity contribution in [2.45, 2.75) is 168 Å². The van der Waals surface area contributed by atoms with Crippen molar-refractivity contribution in [2.24, 2.45) is 0 Å². The number of thiophene rings is 1. The second-order valence-corrected chi connectivity index (χ2v) is 28.1. The normalized spacial score (nSPS) is 19.5. The van der Waals surface area contributed by atoms with Gasteiger partial charge in [-0.05, 0) is 195 Å². The Morgan fingerprint density at radius 3 is 1.63 bits per heavy atom. The van der Waals surface area contributed by atoms with Crippen LogP contribution in [0.3, 0.4) is 0 Å². The predicted octanol–water partition coefficient (Wildman–Crippen LogP) is 18.5. The van der Waals surface area contributed by atoms with Crippen LogP contribution in [-0.4, -0.2) is 7.28 Å². The molecular formula is C68H72BN2OS. The lowest BCUT2D eigenvalue weighted by Gasteiger charge is -2.45. The summed E-state index contributed by atoms with van der Waals surface area (Å²) in [6.07, 6.45) is 7.03. The van der Waals surface area contributed by atoms with Gasteiger partial charge in [0.15, 0.2) is 12.9 Å². The molecule has 3 heterocycles. The topological polar surface area (TPSA) is 28.4 Å². The van der Waals surface area contributed by atoms with E-state index < -0.39 is 0 Å². The molecule has 1 radical (unpaired) electrons. The molecule has 0 spiro atoms. The van der Waals surface area contributed by atoms with E-state index in [2.05, 4.69) is 218 Å². The first-order valence-corrected chi connectivity index (χ1v) is 28.1. The van der Waals surface area contributed by atoms with E-state index in [1.165, 1.54) is 117 Å². The Balaban J connectivity index is 1.16. The number of rotatable bonds is 4. The SMILES string of the molecule is Cc1ccc(Nc2cc3sc4cc5c(cc4c3cc2-c2cc3c(oc4ccccc43)c3c2[B]c2cc4c(cc2N3c2cc3c(cc2C)C(C)(C)CCC3(C)C)C(C)(C)CCC4(C)C)C(C)(C)CCC5(C)C)cc1. The van der Waals surface area contributed by atoms with Gasteiger partial charge in [-0.25, -0.2) is 0 Å². The highest BCUT2D eigenvalue weighted by atomic mass is 32.1. The third-order valence-electron chi connectivity index (χ3n) is 19.1. The van der Waals surface area contributed by atoms with Crippen LogP contribution < -0.4 is 21.1 Å². The molecule has 1 aliphatic heterocycles. The van der Waals surface area contributed by atoms with Gasteiger partial charge in [0.1, 0.15) is 5.58 Å². The lowest BCUT2D eigenvalue weighted by molar-refractivity contribution is 0.331. The zero-order chi connectivity index (χ0) is 51.1. The summed E-state index contributed by atoms with van der Waals surface area (Å²) in [6, 6.07) is 40.5. The number of anilines is 5. The third-order valence-corrected chi connectivity index (χ3v) is 20.2. The van der Waals surface area contributed by atoms with Crippen molar-refractivity contribution in [1.82, 2.24) is 0 Å². The largest absolute Gasteiger partial charge is 0.454 e. The zero-order valence-electron chi connectivity index (χ0n) is 45.9. The Kier molecular flexibility index (Phi) is 9.91. The van der Waals surface area contributed by atoms with Crippen LogP contribution >= 0.6 is 11.3 Å². The maximum atomic E-state index is 7.29. The second kappa shape index (κ2) is 15.4. The first kappa shape index (κ1) is 47.0. The molecule has 0 amide bonds. The van der Waals surface area contributed by atoms with E-state index in [-0.39, 0.29) is 32.5 Å². The first-order chi connectivity index (χ1) is 34.4. The first-order valence-electron chi connectivity index (χ1n) is 27.3. The molecular weight excluding hydrogens is 904 g/mol. The van der Waals surface area contributed by atoms with E-state index in [1.54, 1.807) is 0 Å². The monoisotopic (exact) mass is 976 g/mol. The van der Waals surface area contributed by atoms with Crippen LogP contribution in [0, 0.1) is 13.8 Å². The molecule has 0 fully saturated rings. The number of furan rings is 1. The molecule has 7 aromatic carbocycles. The van der Waals surface area contributed by atoms with Gasteiger partial charge in [-0.1, -0.05) is 137 Å². The summed E-state index contributed by atoms with van der Waals surface area (Å²) in [5.74, 6) is 0. The van der Waals surface area contributed by atoms with E-state index in [0.29, 0.717) is 0 Å². The highest BCUT2D eigenvalue weighted by Crippen LogP contribution is 2.55. The molecule has 0 bridgehead atoms. The lowest BCUT2D eigenvalue weighted by Crippen LogP contribution is -2.44. The molecule has 1 N–H and O–H groups in total. The Bertz CT molecular complexity index is 3810. The number of fused-ring (bicyclic) bond motifs is 12. The molecule has 0 atom stereocenters. The van der Waals surface area contributed by atoms with Crippen molar-refractivity contribution in [1.29, 1.82) is 0 Å². The molecule has 2 aromatic heterocycles. The van der Waals surface area contributed by atoms with Gasteiger partial charge in [-0.15, -0.1) is 11.3 Å². The molecule has 5 heteroatoms. The van der Waals surface area contributed by atoms with Gasteiger partial charge in [-0.3, -0.25) is 0 Å². The molecule has 3 nitrogen and oxygen atoms in total. The van der Waals surface area contributed by atoms with Crippen LogP contribution in [0.2, 0.25) is 0 Å². The fraction of sp³-hybridized carbons (Fsp3) is 0.382. The number of nitrogens with zero attached hydrogens (tertiary/aromatic N) is 1. The fourth-order valence-corrected chi connectivity index (χ4v) is 15.0. The van der Waals surface area contributed by atoms with E-state index in [0.717, 1.165) is 58.3 Å². The van der Waals surface area contributed by atoms with Gasteiger partial charge in [0.25, 0.3) is 0 Å². The molecule has 0 unspecified atom stereocenters. The number of hydrogen-bond donors (Lipinski definition) is 1. The van der Waals surface area contributed by atoms with Gasteiger partial charge >= 0.3 is 0 Å². The van der Waals surface area contributed by atoms with E-state index in [9.17, 15) is 0 Å². The molecule has 4 aliphatic rings. The maximum Gasteiger partial charge on any atom is 0.198 e. The van der Waals surface area contributed by atoms with Crippen molar-refractivity contribution in [2.75, 3.05) is 10.2 Å². The van der Waals surface area contributed by atoms with E-state index >= 15 is 0 Å². The van der Waals surface area contributed by atoms with Crippen molar-refractivity contribution < 1.29 is 4.42 Å². The van der Waals surface area contributed by atoms with Gasteiger partial charge in [0.2, 0.25) is 0 Å². The van der Waals surface area contributed by atoms with Crippen LogP contribution in [0.4, 0.5) is 28.4 Å². The summed E-state index contributed by atoms with van der Waals surface area (Å²) in [6.45, 7) is 34.0. The highest BCUT2D eigenvalue weighted by molar-refractivity contribution is 7.25. The Morgan fingerprint density at radius 1 is 0.493 bits per heavy atom. The quantitative estimate of drug-likeness (QED) is 0.178. The number of para-hydroxylation sites is 1. The summed E-state index contributed by atoms with van der Waals surface area (Å²) in [5.41, 5.74) is 24.3. The van der Waals surface area contributed by atoms with Crippen LogP contribution in [0.25, 0.3) is 53.2 Å². The standard InChI is InChI=1S/C68H72BN2OS/c1-38-19-21-40(22-20-38)70-54-37-59-43(44-32-48-52(36-58(44)73-59)68(13,14)28-24-64(48,5)6)30-42(54)45-31-46-41-17-15-16-18-57(41)72-62(46)61-60(45)69-53-33-49-51(67(11,12)27-25-65(49,7)8)35-56(53)71(61)55-34-50-47(29-39(55)2)63(3,4)23-26-66(50,9)10/h15-22,29-37,70H,23-28H2,1-14H3. The average Bonchev–Trinajstić information content (AvgIpc) is 3.89. The van der Waals surface area contributed by atoms with Gasteiger partial charge < -0.3 is 14.6 Å². The number of hydrogen-bond acceptors (Lipinski definition) is 4. The minimum atomic E-state index is 0.0265. The van der Waals surface area contributed by atoms with Crippen molar-refractivity contribution >= 4 is 100 Å². The van der Waals surface area contributed by atoms with Crippen molar-refractivity contribution in [3.8, 4) is 11.1 Å². The number of aryl methyl sites for hydroxylation is 2. The Labute approximate surface area is 439 Å². The molecule has 0 saturated carbocycles. The van der Waals surface area contributed by atoms with Crippen LogP contribution in [-0.2, 0) is 32.5 Å².